The first-order valence-electron chi connectivity index (χ1n) is 6.69. The first-order valence-corrected chi connectivity index (χ1v) is 7.57. The van der Waals surface area contributed by atoms with Crippen molar-refractivity contribution >= 4 is 40.5 Å². The number of ether oxygens (including phenoxy) is 2. The fourth-order valence-corrected chi connectivity index (χ4v) is 3.11. The highest BCUT2D eigenvalue weighted by molar-refractivity contribution is 14.1. The highest BCUT2D eigenvalue weighted by atomic mass is 127. The number of fused-ring (bicyclic) bond motifs is 1. The molecule has 5 N–H and O–H groups in total. The highest BCUT2D eigenvalue weighted by Crippen LogP contribution is 2.35. The third kappa shape index (κ3) is 2.52. The number of nitrogens with two attached hydrogens (primary N) is 1. The molecule has 1 aromatic rings. The first-order chi connectivity index (χ1) is 10.6. The number of nitrogens with zero attached hydrogens (tertiary/aromatic N) is 2. The number of nitrogen functional groups attached to an aromatic ring is 1. The normalized spacial score (nSPS) is 30.4. The molecule has 0 saturated carbocycles. The van der Waals surface area contributed by atoms with Gasteiger partial charge in [-0.2, -0.15) is 4.98 Å². The van der Waals surface area contributed by atoms with Crippen molar-refractivity contribution in [3.05, 3.63) is 10.4 Å². The number of hydrogen-bond donors (Lipinski definition) is 4. The Morgan fingerprint density at radius 2 is 2.41 bits per heavy atom. The molecule has 4 unspecified atom stereocenters. The molecule has 11 heteroatoms. The lowest BCUT2D eigenvalue weighted by atomic mass is 10.2. The Hall–Kier alpha value is -1.15. The lowest BCUT2D eigenvalue weighted by molar-refractivity contribution is -0.152. The standard InChI is InChI=1S/C11H16IN5O5/c1-2-20-10-6(22-12)5(18)9(21-10)17-3-14-4-7(17)15-11(13)16-8(4)19/h5-6,9-10,14,18H,2-3H2,1H3,(H3,13,15,16,19). The Labute approximate surface area is 139 Å². The molecular formula is C11H16IN5O5. The number of aromatic amines is 1. The van der Waals surface area contributed by atoms with Gasteiger partial charge < -0.3 is 33.6 Å². The Balaban J connectivity index is 1.90. The highest BCUT2D eigenvalue weighted by Gasteiger charge is 2.49. The summed E-state index contributed by atoms with van der Waals surface area (Å²) in [5.41, 5.74) is 5.49. The van der Waals surface area contributed by atoms with Crippen LogP contribution in [0.15, 0.2) is 4.79 Å². The summed E-state index contributed by atoms with van der Waals surface area (Å²) in [6, 6.07) is 0. The van der Waals surface area contributed by atoms with Crippen LogP contribution in [0.4, 0.5) is 17.5 Å². The molecule has 2 aliphatic rings. The lowest BCUT2D eigenvalue weighted by Crippen LogP contribution is -2.44. The molecule has 0 aromatic carbocycles. The topological polar surface area (TPSA) is 135 Å². The molecular weight excluding hydrogens is 409 g/mol. The molecule has 0 bridgehead atoms. The number of rotatable bonds is 4. The van der Waals surface area contributed by atoms with Crippen molar-refractivity contribution in [2.75, 3.05) is 29.2 Å². The zero-order valence-electron chi connectivity index (χ0n) is 11.7. The van der Waals surface area contributed by atoms with E-state index in [1.165, 1.54) is 0 Å². The molecule has 4 atom stereocenters. The summed E-state index contributed by atoms with van der Waals surface area (Å²) in [5.74, 6) is 0.322. The van der Waals surface area contributed by atoms with Gasteiger partial charge in [-0.15, -0.1) is 0 Å². The van der Waals surface area contributed by atoms with Crippen LogP contribution >= 0.6 is 23.0 Å². The lowest BCUT2D eigenvalue weighted by Gasteiger charge is -2.26. The van der Waals surface area contributed by atoms with Gasteiger partial charge in [-0.05, 0) is 6.92 Å². The van der Waals surface area contributed by atoms with Crippen molar-refractivity contribution in [3.63, 3.8) is 0 Å². The minimum Gasteiger partial charge on any atom is -0.385 e. The van der Waals surface area contributed by atoms with E-state index in [4.69, 9.17) is 18.3 Å². The predicted octanol–water partition coefficient (Wildman–Crippen LogP) is -0.643. The third-order valence-corrected chi connectivity index (χ3v) is 4.12. The van der Waals surface area contributed by atoms with Crippen LogP contribution in [0.5, 0.6) is 0 Å². The second-order valence-electron chi connectivity index (χ2n) is 4.85. The van der Waals surface area contributed by atoms with Crippen LogP contribution in [0.2, 0.25) is 0 Å². The molecule has 1 aromatic heterocycles. The summed E-state index contributed by atoms with van der Waals surface area (Å²) in [4.78, 5) is 20.0. The third-order valence-electron chi connectivity index (χ3n) is 3.53. The van der Waals surface area contributed by atoms with Gasteiger partial charge in [0.1, 0.15) is 34.8 Å². The summed E-state index contributed by atoms with van der Waals surface area (Å²) >= 11 is 1.70. The molecule has 0 spiro atoms. The quantitative estimate of drug-likeness (QED) is 0.465. The largest absolute Gasteiger partial charge is 0.385 e. The Morgan fingerprint density at radius 3 is 3.09 bits per heavy atom. The van der Waals surface area contributed by atoms with E-state index in [0.717, 1.165) is 0 Å². The average molecular weight is 425 g/mol. The molecule has 3 heterocycles. The maximum Gasteiger partial charge on any atom is 0.277 e. The molecule has 10 nitrogen and oxygen atoms in total. The van der Waals surface area contributed by atoms with Gasteiger partial charge in [0.05, 0.1) is 6.67 Å². The van der Waals surface area contributed by atoms with E-state index in [2.05, 4.69) is 15.3 Å². The maximum absolute atomic E-state index is 11.8. The van der Waals surface area contributed by atoms with Crippen LogP contribution in [0.25, 0.3) is 0 Å². The van der Waals surface area contributed by atoms with Crippen molar-refractivity contribution in [2.24, 2.45) is 0 Å². The summed E-state index contributed by atoms with van der Waals surface area (Å²) < 4.78 is 16.4. The van der Waals surface area contributed by atoms with Gasteiger partial charge in [-0.25, -0.2) is 0 Å². The summed E-state index contributed by atoms with van der Waals surface area (Å²) in [7, 11) is 0. The zero-order chi connectivity index (χ0) is 15.9. The zero-order valence-corrected chi connectivity index (χ0v) is 13.8. The van der Waals surface area contributed by atoms with Gasteiger partial charge in [0.25, 0.3) is 5.56 Å². The smallest absolute Gasteiger partial charge is 0.277 e. The summed E-state index contributed by atoms with van der Waals surface area (Å²) in [5, 5.41) is 13.3. The molecule has 22 heavy (non-hydrogen) atoms. The van der Waals surface area contributed by atoms with Crippen LogP contribution in [-0.2, 0) is 12.5 Å². The van der Waals surface area contributed by atoms with Crippen molar-refractivity contribution in [1.29, 1.82) is 0 Å². The monoisotopic (exact) mass is 425 g/mol. The average Bonchev–Trinajstić information content (AvgIpc) is 3.01. The molecule has 3 rings (SSSR count). The fraction of sp³-hybridized carbons (Fsp3) is 0.636. The van der Waals surface area contributed by atoms with E-state index in [-0.39, 0.29) is 23.9 Å². The van der Waals surface area contributed by atoms with Gasteiger partial charge in [-0.3, -0.25) is 9.78 Å². The fourth-order valence-electron chi connectivity index (χ4n) is 2.56. The van der Waals surface area contributed by atoms with Crippen molar-refractivity contribution in [1.82, 2.24) is 9.97 Å². The number of nitrogens with one attached hydrogen (secondary N) is 2. The summed E-state index contributed by atoms with van der Waals surface area (Å²) in [6.45, 7) is 2.49. The number of aliphatic hydroxyl groups is 1. The van der Waals surface area contributed by atoms with Crippen molar-refractivity contribution < 1.29 is 17.6 Å². The molecule has 2 aliphatic heterocycles. The number of aromatic nitrogens is 2. The minimum atomic E-state index is -0.969. The minimum absolute atomic E-state index is 0.00649. The van der Waals surface area contributed by atoms with Crippen molar-refractivity contribution in [2.45, 2.75) is 31.6 Å². The number of anilines is 3. The number of aliphatic hydroxyl groups excluding tert-OH is 1. The number of H-pyrrole nitrogens is 1. The van der Waals surface area contributed by atoms with Gasteiger partial charge in [0, 0.05) is 6.61 Å². The molecule has 122 valence electrons. The first kappa shape index (κ1) is 15.7. The van der Waals surface area contributed by atoms with Gasteiger partial charge in [0.2, 0.25) is 5.95 Å². The van der Waals surface area contributed by atoms with Gasteiger partial charge >= 0.3 is 0 Å². The molecule has 1 fully saturated rings. The maximum atomic E-state index is 11.8. The van der Waals surface area contributed by atoms with Crippen LogP contribution in [0.1, 0.15) is 6.92 Å². The number of hydrogen-bond acceptors (Lipinski definition) is 9. The van der Waals surface area contributed by atoms with Crippen molar-refractivity contribution in [3.8, 4) is 0 Å². The van der Waals surface area contributed by atoms with E-state index >= 15 is 0 Å². The van der Waals surface area contributed by atoms with E-state index in [0.29, 0.717) is 12.4 Å². The molecule has 0 radical (unpaired) electrons. The Kier molecular flexibility index (Phi) is 4.40. The predicted molar refractivity (Wildman–Crippen MR) is 85.4 cm³/mol. The summed E-state index contributed by atoms with van der Waals surface area (Å²) in [6.07, 6.45) is -3.08. The number of halogens is 1. The van der Waals surface area contributed by atoms with Crippen LogP contribution in [0, 0.1) is 0 Å². The van der Waals surface area contributed by atoms with Crippen LogP contribution in [-0.4, -0.2) is 53.1 Å². The van der Waals surface area contributed by atoms with E-state index in [1.807, 2.05) is 6.92 Å². The van der Waals surface area contributed by atoms with E-state index in [9.17, 15) is 9.90 Å². The second-order valence-corrected chi connectivity index (χ2v) is 5.36. The van der Waals surface area contributed by atoms with Crippen LogP contribution < -0.4 is 21.5 Å². The molecule has 0 amide bonds. The van der Waals surface area contributed by atoms with E-state index < -0.39 is 24.7 Å². The van der Waals surface area contributed by atoms with Gasteiger partial charge in [0.15, 0.2) is 24.4 Å². The van der Waals surface area contributed by atoms with Crippen LogP contribution in [0.3, 0.4) is 0 Å². The van der Waals surface area contributed by atoms with Gasteiger partial charge in [-0.1, -0.05) is 0 Å². The Morgan fingerprint density at radius 1 is 1.64 bits per heavy atom. The molecule has 0 aliphatic carbocycles. The SMILES string of the molecule is CCOC1OC(N2CNc3c2nc(N)[nH]c3=O)C(O)C1OI. The molecule has 1 saturated heterocycles. The Bertz CT molecular complexity index is 613. The second kappa shape index (κ2) is 6.16. The van der Waals surface area contributed by atoms with E-state index in [1.54, 1.807) is 27.9 Å².